The lowest BCUT2D eigenvalue weighted by atomic mass is 9.66. The number of carbonyl (C=O) groups excluding carboxylic acids is 3. The molecule has 3 heterocycles. The van der Waals surface area contributed by atoms with Crippen molar-refractivity contribution in [3.63, 3.8) is 0 Å². The third-order valence-corrected chi connectivity index (χ3v) is 8.71. The maximum absolute atomic E-state index is 14.5. The van der Waals surface area contributed by atoms with Crippen LogP contribution < -0.4 is 0 Å². The molecule has 1 N–H and O–H groups in total. The molecule has 202 valence electrons. The van der Waals surface area contributed by atoms with Crippen LogP contribution in [-0.4, -0.2) is 75.7 Å². The van der Waals surface area contributed by atoms with Crippen molar-refractivity contribution in [2.45, 2.75) is 76.8 Å². The molecule has 2 bridgehead atoms. The van der Waals surface area contributed by atoms with Crippen LogP contribution in [-0.2, 0) is 30.4 Å². The van der Waals surface area contributed by atoms with Crippen LogP contribution in [0.3, 0.4) is 0 Å². The minimum atomic E-state index is -1.16. The van der Waals surface area contributed by atoms with Crippen LogP contribution in [0.4, 0.5) is 0 Å². The fourth-order valence-corrected chi connectivity index (χ4v) is 6.77. The molecule has 2 amide bonds. The largest absolute Gasteiger partial charge is 0.466 e. The Bertz CT molecular complexity index is 1030. The van der Waals surface area contributed by atoms with Gasteiger partial charge in [-0.3, -0.25) is 14.4 Å². The molecule has 7 atom stereocenters. The van der Waals surface area contributed by atoms with Crippen LogP contribution in [0.15, 0.2) is 43.0 Å². The van der Waals surface area contributed by atoms with Gasteiger partial charge in [-0.1, -0.05) is 56.7 Å². The lowest BCUT2D eigenvalue weighted by Crippen LogP contribution is -2.59. The summed E-state index contributed by atoms with van der Waals surface area (Å²) in [5.74, 6) is -2.72. The Hall–Kier alpha value is -2.71. The number of aliphatic hydroxyl groups is 1. The molecule has 3 fully saturated rings. The molecule has 0 radical (unpaired) electrons. The monoisotopic (exact) mass is 512 g/mol. The number of carbonyl (C=O) groups is 3. The average Bonchev–Trinajstić information content (AvgIpc) is 3.45. The Labute approximate surface area is 219 Å². The highest BCUT2D eigenvalue weighted by Gasteiger charge is 2.79. The molecule has 8 heteroatoms. The van der Waals surface area contributed by atoms with Crippen molar-refractivity contribution in [2.24, 2.45) is 17.8 Å². The molecule has 0 saturated carbocycles. The van der Waals surface area contributed by atoms with Crippen LogP contribution >= 0.6 is 0 Å². The summed E-state index contributed by atoms with van der Waals surface area (Å²) in [5.41, 5.74) is -1.08. The van der Waals surface area contributed by atoms with E-state index in [-0.39, 0.29) is 30.9 Å². The topological polar surface area (TPSA) is 96.4 Å². The first-order valence-corrected chi connectivity index (χ1v) is 13.4. The van der Waals surface area contributed by atoms with Gasteiger partial charge in [-0.2, -0.15) is 0 Å². The molecule has 4 rings (SSSR count). The van der Waals surface area contributed by atoms with Crippen molar-refractivity contribution < 1.29 is 29.0 Å². The number of hydrogen-bond acceptors (Lipinski definition) is 6. The number of aliphatic hydroxyl groups excluding tert-OH is 1. The fraction of sp³-hybridized carbons (Fsp3) is 0.621. The number of esters is 1. The van der Waals surface area contributed by atoms with Gasteiger partial charge in [0.25, 0.3) is 0 Å². The quantitative estimate of drug-likeness (QED) is 0.362. The number of likely N-dealkylation sites (tertiary alicyclic amines) is 1. The van der Waals surface area contributed by atoms with E-state index in [0.29, 0.717) is 32.4 Å². The summed E-state index contributed by atoms with van der Waals surface area (Å²) >= 11 is 0. The number of hydrogen-bond donors (Lipinski definition) is 1. The zero-order valence-electron chi connectivity index (χ0n) is 22.4. The van der Waals surface area contributed by atoms with Gasteiger partial charge in [-0.15, -0.1) is 6.58 Å². The predicted molar refractivity (Wildman–Crippen MR) is 138 cm³/mol. The Kier molecular flexibility index (Phi) is 7.81. The summed E-state index contributed by atoms with van der Waals surface area (Å²) in [5, 5.41) is 10.5. The van der Waals surface area contributed by atoms with Crippen molar-refractivity contribution in [2.75, 3.05) is 19.8 Å². The molecule has 1 aromatic rings. The summed E-state index contributed by atoms with van der Waals surface area (Å²) in [6.07, 6.45) is 3.42. The number of amides is 2. The van der Waals surface area contributed by atoms with Crippen molar-refractivity contribution in [3.05, 3.63) is 48.6 Å². The minimum absolute atomic E-state index is 0.0599. The summed E-state index contributed by atoms with van der Waals surface area (Å²) in [6.45, 7) is 11.9. The van der Waals surface area contributed by atoms with Gasteiger partial charge < -0.3 is 24.4 Å². The second kappa shape index (κ2) is 10.6. The van der Waals surface area contributed by atoms with Gasteiger partial charge in [0.05, 0.1) is 30.8 Å². The smallest absolute Gasteiger partial charge is 0.312 e. The van der Waals surface area contributed by atoms with Crippen LogP contribution in [0.25, 0.3) is 0 Å². The molecule has 1 aromatic carbocycles. The number of fused-ring (bicyclic) bond motifs is 1. The van der Waals surface area contributed by atoms with E-state index >= 15 is 0 Å². The van der Waals surface area contributed by atoms with Gasteiger partial charge in [0, 0.05) is 13.1 Å². The summed E-state index contributed by atoms with van der Waals surface area (Å²) in [4.78, 5) is 45.1. The van der Waals surface area contributed by atoms with Gasteiger partial charge in [0.1, 0.15) is 17.6 Å². The molecule has 0 aliphatic carbocycles. The molecule has 3 aliphatic heterocycles. The first-order valence-electron chi connectivity index (χ1n) is 13.4. The number of benzene rings is 1. The van der Waals surface area contributed by atoms with E-state index in [2.05, 4.69) is 6.58 Å². The van der Waals surface area contributed by atoms with Gasteiger partial charge in [-0.05, 0) is 38.2 Å². The van der Waals surface area contributed by atoms with Crippen LogP contribution in [0.5, 0.6) is 0 Å². The molecule has 8 nitrogen and oxygen atoms in total. The molecular weight excluding hydrogens is 472 g/mol. The van der Waals surface area contributed by atoms with E-state index in [1.807, 2.05) is 51.1 Å². The second-order valence-corrected chi connectivity index (χ2v) is 10.9. The Morgan fingerprint density at radius 3 is 2.59 bits per heavy atom. The summed E-state index contributed by atoms with van der Waals surface area (Å²) in [6, 6.07) is 8.13. The highest BCUT2D eigenvalue weighted by Crippen LogP contribution is 2.64. The van der Waals surface area contributed by atoms with E-state index < -0.39 is 41.1 Å². The molecule has 3 saturated heterocycles. The van der Waals surface area contributed by atoms with E-state index in [4.69, 9.17) is 9.47 Å². The van der Waals surface area contributed by atoms with Crippen molar-refractivity contribution >= 4 is 17.8 Å². The minimum Gasteiger partial charge on any atom is -0.466 e. The molecule has 0 aromatic heterocycles. The molecule has 3 aliphatic rings. The van der Waals surface area contributed by atoms with E-state index in [1.54, 1.807) is 22.8 Å². The standard InChI is InChI=1S/C29H40N2O6/c1-6-16-30(17-20-12-10-9-11-13-20)26(34)24-29-15-14-28(5,37-29)23(27(35)36-8-3)22(29)25(33)31(24)21(18-32)19(4)7-2/h6,9-13,19,21-24,32H,1,7-8,14-18H2,2-5H3/t19-,21-,22-,23+,24?,28-,29?/m0/s1. The van der Waals surface area contributed by atoms with Crippen LogP contribution in [0.2, 0.25) is 0 Å². The average molecular weight is 513 g/mol. The Morgan fingerprint density at radius 2 is 2.00 bits per heavy atom. The Morgan fingerprint density at radius 1 is 1.30 bits per heavy atom. The van der Waals surface area contributed by atoms with Crippen LogP contribution in [0.1, 0.15) is 52.5 Å². The zero-order chi connectivity index (χ0) is 27.0. The second-order valence-electron chi connectivity index (χ2n) is 10.9. The van der Waals surface area contributed by atoms with Gasteiger partial charge >= 0.3 is 5.97 Å². The van der Waals surface area contributed by atoms with Gasteiger partial charge in [0.2, 0.25) is 11.8 Å². The highest BCUT2D eigenvalue weighted by atomic mass is 16.6. The van der Waals surface area contributed by atoms with Crippen LogP contribution in [0, 0.1) is 17.8 Å². The van der Waals surface area contributed by atoms with Crippen molar-refractivity contribution in [3.8, 4) is 0 Å². The highest BCUT2D eigenvalue weighted by molar-refractivity contribution is 5.98. The van der Waals surface area contributed by atoms with Gasteiger partial charge in [0.15, 0.2) is 0 Å². The van der Waals surface area contributed by atoms with E-state index in [1.165, 1.54) is 0 Å². The first kappa shape index (κ1) is 27.3. The summed E-state index contributed by atoms with van der Waals surface area (Å²) < 4.78 is 12.1. The lowest BCUT2D eigenvalue weighted by Gasteiger charge is -2.41. The molecule has 1 spiro atoms. The molecule has 2 unspecified atom stereocenters. The number of rotatable bonds is 11. The van der Waals surface area contributed by atoms with Crippen molar-refractivity contribution in [1.82, 2.24) is 9.80 Å². The zero-order valence-corrected chi connectivity index (χ0v) is 22.4. The SMILES string of the molecule is C=CCN(Cc1ccccc1)C(=O)C1N([C@@H](CO)[C@@H](C)CC)C(=O)[C@@H]2[C@H](C(=O)OCC)[C@]3(C)CCC12O3. The Balaban J connectivity index is 1.81. The molecular formula is C29H40N2O6. The third kappa shape index (κ3) is 4.38. The van der Waals surface area contributed by atoms with Crippen molar-refractivity contribution in [1.29, 1.82) is 0 Å². The number of nitrogens with zero attached hydrogens (tertiary/aromatic N) is 2. The summed E-state index contributed by atoms with van der Waals surface area (Å²) in [7, 11) is 0. The normalized spacial score (nSPS) is 31.6. The lowest BCUT2D eigenvalue weighted by molar-refractivity contribution is -0.162. The van der Waals surface area contributed by atoms with E-state index in [9.17, 15) is 19.5 Å². The maximum atomic E-state index is 14.5. The maximum Gasteiger partial charge on any atom is 0.312 e. The third-order valence-electron chi connectivity index (χ3n) is 8.71. The van der Waals surface area contributed by atoms with Gasteiger partial charge in [-0.25, -0.2) is 0 Å². The van der Waals surface area contributed by atoms with E-state index in [0.717, 1.165) is 5.56 Å². The first-order chi connectivity index (χ1) is 17.7. The fourth-order valence-electron chi connectivity index (χ4n) is 6.77. The predicted octanol–water partition coefficient (Wildman–Crippen LogP) is 2.94. The molecule has 37 heavy (non-hydrogen) atoms. The number of ether oxygens (including phenoxy) is 2.